The number of nitrogens with zero attached hydrogens (tertiary/aromatic N) is 4. The minimum absolute atomic E-state index is 0.183. The number of halogens is 1. The number of rotatable bonds is 9. The smallest absolute Gasteiger partial charge is 0.224 e. The molecule has 0 unspecified atom stereocenters. The number of aliphatic hydroxyl groups excluding tert-OH is 1. The van der Waals surface area contributed by atoms with E-state index in [0.717, 1.165) is 49.0 Å². The summed E-state index contributed by atoms with van der Waals surface area (Å²) >= 11 is 0. The molecule has 2 heterocycles. The zero-order valence-electron chi connectivity index (χ0n) is 18.1. The fourth-order valence-corrected chi connectivity index (χ4v) is 3.57. The summed E-state index contributed by atoms with van der Waals surface area (Å²) in [7, 11) is 4.05. The second-order valence-electron chi connectivity index (χ2n) is 8.28. The average molecular weight is 417 g/mol. The molecule has 0 amide bonds. The molecule has 3 rings (SSSR count). The Kier molecular flexibility index (Phi) is 7.93. The van der Waals surface area contributed by atoms with Crippen molar-refractivity contribution in [2.75, 3.05) is 31.3 Å². The third-order valence-electron chi connectivity index (χ3n) is 5.35. The number of aromatic nitrogens is 3. The van der Waals surface area contributed by atoms with Gasteiger partial charge in [0.1, 0.15) is 12.0 Å². The monoisotopic (exact) mass is 416 g/mol. The van der Waals surface area contributed by atoms with Gasteiger partial charge >= 0.3 is 0 Å². The molecule has 1 atom stereocenters. The standard InChI is InChI=1S/C22H33FN6O/c1-4-16(23)12-25-22-26-13-19(20-10-5-15(11-24-20)14-29(2)3)21(28-22)27-17-6-8-18(30)9-7-17/h5,10-11,13,16-18,30H,4,6-9,12,14H2,1-3H3,(H2,25,26,27,28)/t16-,17-,18-/m0/s1. The number of nitrogens with one attached hydrogen (secondary N) is 2. The molecular weight excluding hydrogens is 383 g/mol. The van der Waals surface area contributed by atoms with Crippen molar-refractivity contribution >= 4 is 11.8 Å². The molecule has 1 saturated carbocycles. The van der Waals surface area contributed by atoms with Gasteiger partial charge in [-0.05, 0) is 57.8 Å². The Morgan fingerprint density at radius 2 is 1.93 bits per heavy atom. The molecule has 0 aromatic carbocycles. The lowest BCUT2D eigenvalue weighted by Gasteiger charge is -2.27. The van der Waals surface area contributed by atoms with Gasteiger partial charge in [0.05, 0.1) is 17.4 Å². The fourth-order valence-electron chi connectivity index (χ4n) is 3.57. The van der Waals surface area contributed by atoms with Gasteiger partial charge in [-0.15, -0.1) is 0 Å². The zero-order chi connectivity index (χ0) is 21.5. The van der Waals surface area contributed by atoms with Crippen molar-refractivity contribution < 1.29 is 9.50 Å². The van der Waals surface area contributed by atoms with Crippen LogP contribution in [0.2, 0.25) is 0 Å². The Bertz CT molecular complexity index is 793. The van der Waals surface area contributed by atoms with Crippen molar-refractivity contribution in [3.05, 3.63) is 30.1 Å². The van der Waals surface area contributed by atoms with Crippen LogP contribution < -0.4 is 10.6 Å². The molecule has 0 saturated heterocycles. The first-order chi connectivity index (χ1) is 14.4. The van der Waals surface area contributed by atoms with E-state index in [4.69, 9.17) is 0 Å². The molecule has 8 heteroatoms. The van der Waals surface area contributed by atoms with Crippen LogP contribution >= 0.6 is 0 Å². The van der Waals surface area contributed by atoms with Crippen LogP contribution in [0.1, 0.15) is 44.6 Å². The largest absolute Gasteiger partial charge is 0.393 e. The van der Waals surface area contributed by atoms with Gasteiger partial charge in [-0.25, -0.2) is 9.37 Å². The average Bonchev–Trinajstić information content (AvgIpc) is 2.74. The Balaban J connectivity index is 1.82. The summed E-state index contributed by atoms with van der Waals surface area (Å²) in [5.41, 5.74) is 2.74. The SMILES string of the molecule is CC[C@H](F)CNc1ncc(-c2ccc(CN(C)C)cn2)c(N[C@H]2CC[C@H](O)CC2)n1. The molecule has 0 spiro atoms. The highest BCUT2D eigenvalue weighted by molar-refractivity contribution is 5.73. The van der Waals surface area contributed by atoms with Crippen LogP contribution in [0.3, 0.4) is 0 Å². The first kappa shape index (κ1) is 22.4. The molecule has 164 valence electrons. The second kappa shape index (κ2) is 10.6. The highest BCUT2D eigenvalue weighted by Gasteiger charge is 2.21. The van der Waals surface area contributed by atoms with E-state index in [1.54, 1.807) is 6.20 Å². The van der Waals surface area contributed by atoms with E-state index in [9.17, 15) is 9.50 Å². The molecule has 1 aliphatic carbocycles. The van der Waals surface area contributed by atoms with Crippen molar-refractivity contribution in [3.63, 3.8) is 0 Å². The van der Waals surface area contributed by atoms with Gasteiger partial charge in [-0.3, -0.25) is 4.98 Å². The second-order valence-corrected chi connectivity index (χ2v) is 8.28. The van der Waals surface area contributed by atoms with Gasteiger partial charge < -0.3 is 20.6 Å². The topological polar surface area (TPSA) is 86.2 Å². The summed E-state index contributed by atoms with van der Waals surface area (Å²) in [6, 6.07) is 4.27. The summed E-state index contributed by atoms with van der Waals surface area (Å²) < 4.78 is 13.6. The van der Waals surface area contributed by atoms with Gasteiger partial charge in [-0.2, -0.15) is 4.98 Å². The predicted molar refractivity (Wildman–Crippen MR) is 118 cm³/mol. The third kappa shape index (κ3) is 6.34. The first-order valence-corrected chi connectivity index (χ1v) is 10.7. The number of hydrogen-bond acceptors (Lipinski definition) is 7. The number of hydrogen-bond donors (Lipinski definition) is 3. The highest BCUT2D eigenvalue weighted by Crippen LogP contribution is 2.29. The maximum Gasteiger partial charge on any atom is 0.224 e. The fraction of sp³-hybridized carbons (Fsp3) is 0.591. The normalized spacial score (nSPS) is 20.2. The first-order valence-electron chi connectivity index (χ1n) is 10.7. The van der Waals surface area contributed by atoms with Crippen LogP contribution in [-0.2, 0) is 6.54 Å². The van der Waals surface area contributed by atoms with Crippen molar-refractivity contribution in [1.82, 2.24) is 19.9 Å². The molecule has 0 radical (unpaired) electrons. The lowest BCUT2D eigenvalue weighted by atomic mass is 9.93. The molecule has 0 bridgehead atoms. The van der Waals surface area contributed by atoms with Gasteiger partial charge in [0, 0.05) is 31.5 Å². The van der Waals surface area contributed by atoms with E-state index in [2.05, 4.69) is 36.6 Å². The van der Waals surface area contributed by atoms with Crippen LogP contribution in [0, 0.1) is 0 Å². The number of pyridine rings is 1. The van der Waals surface area contributed by atoms with Crippen LogP contribution in [-0.4, -0.2) is 63.9 Å². The van der Waals surface area contributed by atoms with Crippen molar-refractivity contribution in [3.8, 4) is 11.3 Å². The van der Waals surface area contributed by atoms with Gasteiger partial charge in [0.25, 0.3) is 0 Å². The van der Waals surface area contributed by atoms with E-state index < -0.39 is 6.17 Å². The van der Waals surface area contributed by atoms with E-state index in [1.807, 2.05) is 33.3 Å². The number of anilines is 2. The van der Waals surface area contributed by atoms with Crippen molar-refractivity contribution in [2.45, 2.75) is 63.9 Å². The molecule has 1 fully saturated rings. The summed E-state index contributed by atoms with van der Waals surface area (Å²) in [5.74, 6) is 1.09. The lowest BCUT2D eigenvalue weighted by Crippen LogP contribution is -2.29. The Labute approximate surface area is 178 Å². The van der Waals surface area contributed by atoms with Crippen molar-refractivity contribution in [1.29, 1.82) is 0 Å². The van der Waals surface area contributed by atoms with Crippen molar-refractivity contribution in [2.24, 2.45) is 0 Å². The zero-order valence-corrected chi connectivity index (χ0v) is 18.1. The van der Waals surface area contributed by atoms with Gasteiger partial charge in [0.15, 0.2) is 0 Å². The summed E-state index contributed by atoms with van der Waals surface area (Å²) in [6.45, 7) is 2.82. The van der Waals surface area contributed by atoms with E-state index >= 15 is 0 Å². The van der Waals surface area contributed by atoms with Crippen LogP contribution in [0.4, 0.5) is 16.2 Å². The maximum absolute atomic E-state index is 13.6. The minimum Gasteiger partial charge on any atom is -0.393 e. The molecule has 2 aromatic heterocycles. The predicted octanol–water partition coefficient (Wildman–Crippen LogP) is 3.48. The van der Waals surface area contributed by atoms with Crippen LogP contribution in [0.5, 0.6) is 0 Å². The van der Waals surface area contributed by atoms with E-state index in [1.165, 1.54) is 0 Å². The molecule has 30 heavy (non-hydrogen) atoms. The maximum atomic E-state index is 13.6. The Morgan fingerprint density at radius 3 is 2.57 bits per heavy atom. The third-order valence-corrected chi connectivity index (χ3v) is 5.35. The van der Waals surface area contributed by atoms with Crippen LogP contribution in [0.15, 0.2) is 24.5 Å². The van der Waals surface area contributed by atoms with E-state index in [0.29, 0.717) is 18.2 Å². The quantitative estimate of drug-likeness (QED) is 0.577. The molecule has 7 nitrogen and oxygen atoms in total. The summed E-state index contributed by atoms with van der Waals surface area (Å²) in [6.07, 6.45) is 6.22. The lowest BCUT2D eigenvalue weighted by molar-refractivity contribution is 0.126. The molecular formula is C22H33FN6O. The van der Waals surface area contributed by atoms with Gasteiger partial charge in [-0.1, -0.05) is 13.0 Å². The Morgan fingerprint density at radius 1 is 1.17 bits per heavy atom. The van der Waals surface area contributed by atoms with Gasteiger partial charge in [0.2, 0.25) is 5.95 Å². The number of aliphatic hydroxyl groups is 1. The molecule has 1 aliphatic rings. The highest BCUT2D eigenvalue weighted by atomic mass is 19.1. The number of alkyl halides is 1. The molecule has 0 aliphatic heterocycles. The van der Waals surface area contributed by atoms with Crippen LogP contribution in [0.25, 0.3) is 11.3 Å². The summed E-state index contributed by atoms with van der Waals surface area (Å²) in [5, 5.41) is 16.3. The summed E-state index contributed by atoms with van der Waals surface area (Å²) in [4.78, 5) is 15.7. The van der Waals surface area contributed by atoms with E-state index in [-0.39, 0.29) is 18.7 Å². The minimum atomic E-state index is -0.935. The molecule has 2 aromatic rings. The Hall–Kier alpha value is -2.32. The molecule has 3 N–H and O–H groups in total.